The molecule has 3 aromatic rings. The molecule has 1 amide bonds. The molecule has 222 valence electrons. The largest absolute Gasteiger partial charge is 0.481 e. The topological polar surface area (TPSA) is 91.8 Å². The highest BCUT2D eigenvalue weighted by Crippen LogP contribution is 2.55. The highest BCUT2D eigenvalue weighted by molar-refractivity contribution is 7.91. The maximum absolute atomic E-state index is 14.7. The molecule has 2 aliphatic rings. The predicted octanol–water partition coefficient (Wildman–Crippen LogP) is 7.31. The lowest BCUT2D eigenvalue weighted by molar-refractivity contribution is -0.162. The first-order chi connectivity index (χ1) is 19.9. The quantitative estimate of drug-likeness (QED) is 0.253. The predicted molar refractivity (Wildman–Crippen MR) is 160 cm³/mol. The number of carboxylic acid groups (broad SMARTS) is 1. The number of carbonyl (C=O) groups excluding carboxylic acids is 1. The highest BCUT2D eigenvalue weighted by atomic mass is 35.5. The van der Waals surface area contributed by atoms with E-state index in [1.807, 2.05) is 30.3 Å². The zero-order valence-corrected chi connectivity index (χ0v) is 25.4. The van der Waals surface area contributed by atoms with E-state index in [0.717, 1.165) is 30.0 Å². The molecule has 1 aliphatic carbocycles. The Morgan fingerprint density at radius 1 is 1.02 bits per heavy atom. The molecule has 10 heteroatoms. The fourth-order valence-electron chi connectivity index (χ4n) is 6.42. The first-order valence-corrected chi connectivity index (χ1v) is 16.4. The summed E-state index contributed by atoms with van der Waals surface area (Å²) in [5.41, 5.74) is 0.314. The van der Waals surface area contributed by atoms with Crippen LogP contribution in [0, 0.1) is 17.2 Å². The van der Waals surface area contributed by atoms with E-state index in [0.29, 0.717) is 10.0 Å². The standard InChI is InChI=1S/C32H32Cl2FNO5S/c1-2-32(18-29(37)38)17-27(22-5-3-6-24(34)15-22)30(21-11-13-23(33)14-12-21)36(31(32)39)28(20-9-10-20)19-42(40,41)26-8-4-7-25(35)16-26/h3-8,11-16,20,27-28,30H,2,9-10,17-19H2,1H3,(H,37,38). The third-order valence-corrected chi connectivity index (χ3v) is 10.9. The molecule has 2 fully saturated rings. The number of rotatable bonds is 10. The van der Waals surface area contributed by atoms with E-state index in [2.05, 4.69) is 0 Å². The first kappa shape index (κ1) is 30.5. The second-order valence-electron chi connectivity index (χ2n) is 11.4. The number of carboxylic acids is 1. The Labute approximate surface area is 255 Å². The number of piperidine rings is 1. The van der Waals surface area contributed by atoms with E-state index in [1.165, 1.54) is 18.2 Å². The number of carbonyl (C=O) groups is 2. The van der Waals surface area contributed by atoms with Crippen molar-refractivity contribution in [1.29, 1.82) is 0 Å². The van der Waals surface area contributed by atoms with Crippen LogP contribution in [0.5, 0.6) is 0 Å². The van der Waals surface area contributed by atoms with Gasteiger partial charge in [0.2, 0.25) is 5.91 Å². The molecule has 1 heterocycles. The summed E-state index contributed by atoms with van der Waals surface area (Å²) in [4.78, 5) is 28.4. The van der Waals surface area contributed by atoms with Gasteiger partial charge in [-0.25, -0.2) is 12.8 Å². The fraction of sp³-hybridized carbons (Fsp3) is 0.375. The van der Waals surface area contributed by atoms with Crippen LogP contribution in [0.15, 0.2) is 77.7 Å². The summed E-state index contributed by atoms with van der Waals surface area (Å²) in [6, 6.07) is 17.9. The normalized spacial score (nSPS) is 23.5. The Morgan fingerprint density at radius 2 is 1.71 bits per heavy atom. The van der Waals surface area contributed by atoms with Gasteiger partial charge in [0.25, 0.3) is 0 Å². The fourth-order valence-corrected chi connectivity index (χ4v) is 8.40. The molecule has 0 spiro atoms. The van der Waals surface area contributed by atoms with Gasteiger partial charge in [-0.2, -0.15) is 0 Å². The number of likely N-dealkylation sites (tertiary alicyclic amines) is 1. The molecular formula is C32H32Cl2FNO5S. The zero-order valence-electron chi connectivity index (χ0n) is 23.0. The van der Waals surface area contributed by atoms with Crippen molar-refractivity contribution in [3.05, 3.63) is 99.8 Å². The zero-order chi connectivity index (χ0) is 30.2. The van der Waals surface area contributed by atoms with Crippen LogP contribution in [-0.4, -0.2) is 42.1 Å². The smallest absolute Gasteiger partial charge is 0.304 e. The molecule has 0 radical (unpaired) electrons. The molecule has 0 bridgehead atoms. The van der Waals surface area contributed by atoms with Gasteiger partial charge < -0.3 is 10.0 Å². The Kier molecular flexibility index (Phi) is 8.70. The number of halogens is 3. The number of amides is 1. The number of nitrogens with zero attached hydrogens (tertiary/aromatic N) is 1. The van der Waals surface area contributed by atoms with Crippen LogP contribution in [0.2, 0.25) is 10.0 Å². The van der Waals surface area contributed by atoms with Gasteiger partial charge in [0.15, 0.2) is 9.84 Å². The van der Waals surface area contributed by atoms with Crippen LogP contribution >= 0.6 is 23.2 Å². The van der Waals surface area contributed by atoms with Crippen molar-refractivity contribution in [2.75, 3.05) is 5.75 Å². The molecule has 6 nitrogen and oxygen atoms in total. The average Bonchev–Trinajstić information content (AvgIpc) is 3.79. The summed E-state index contributed by atoms with van der Waals surface area (Å²) in [7, 11) is -4.02. The van der Waals surface area contributed by atoms with Crippen molar-refractivity contribution >= 4 is 44.9 Å². The average molecular weight is 633 g/mol. The van der Waals surface area contributed by atoms with Crippen molar-refractivity contribution in [1.82, 2.24) is 4.90 Å². The molecule has 4 atom stereocenters. The van der Waals surface area contributed by atoms with Gasteiger partial charge in [-0.3, -0.25) is 9.59 Å². The van der Waals surface area contributed by atoms with Gasteiger partial charge in [0.1, 0.15) is 5.82 Å². The van der Waals surface area contributed by atoms with E-state index >= 15 is 0 Å². The van der Waals surface area contributed by atoms with Crippen molar-refractivity contribution < 1.29 is 27.5 Å². The van der Waals surface area contributed by atoms with Crippen LogP contribution in [0.3, 0.4) is 0 Å². The van der Waals surface area contributed by atoms with E-state index in [9.17, 15) is 27.5 Å². The van der Waals surface area contributed by atoms with E-state index < -0.39 is 51.3 Å². The van der Waals surface area contributed by atoms with Crippen LogP contribution in [0.4, 0.5) is 4.39 Å². The van der Waals surface area contributed by atoms with Gasteiger partial charge in [0, 0.05) is 22.0 Å². The lowest BCUT2D eigenvalue weighted by Gasteiger charge is -2.53. The van der Waals surface area contributed by atoms with Crippen molar-refractivity contribution in [3.63, 3.8) is 0 Å². The summed E-state index contributed by atoms with van der Waals surface area (Å²) in [6.07, 6.45) is 1.55. The molecule has 1 aliphatic heterocycles. The lowest BCUT2D eigenvalue weighted by Crippen LogP contribution is -2.58. The van der Waals surface area contributed by atoms with E-state index in [1.54, 1.807) is 30.0 Å². The first-order valence-electron chi connectivity index (χ1n) is 14.0. The Morgan fingerprint density at radius 3 is 2.31 bits per heavy atom. The maximum atomic E-state index is 14.7. The van der Waals surface area contributed by atoms with Gasteiger partial charge in [-0.1, -0.05) is 60.5 Å². The van der Waals surface area contributed by atoms with Gasteiger partial charge in [-0.15, -0.1) is 0 Å². The number of sulfone groups is 1. The molecule has 3 aromatic carbocycles. The molecule has 0 aromatic heterocycles. The minimum atomic E-state index is -4.02. The number of benzene rings is 3. The number of hydrogen-bond donors (Lipinski definition) is 1. The van der Waals surface area contributed by atoms with Crippen molar-refractivity contribution in [2.24, 2.45) is 11.3 Å². The van der Waals surface area contributed by atoms with Crippen LogP contribution in [-0.2, 0) is 19.4 Å². The summed E-state index contributed by atoms with van der Waals surface area (Å²) >= 11 is 12.7. The SMILES string of the molecule is CCC1(CC(=O)O)CC(c2cccc(Cl)c2)C(c2ccc(Cl)cc2)N(C(CS(=O)(=O)c2cccc(F)c2)C2CC2)C1=O. The van der Waals surface area contributed by atoms with Crippen LogP contribution in [0.1, 0.15) is 62.1 Å². The minimum Gasteiger partial charge on any atom is -0.481 e. The third kappa shape index (κ3) is 6.21. The second kappa shape index (κ2) is 12.0. The molecular weight excluding hydrogens is 600 g/mol. The van der Waals surface area contributed by atoms with Gasteiger partial charge in [0.05, 0.1) is 28.5 Å². The number of hydrogen-bond acceptors (Lipinski definition) is 4. The molecule has 5 rings (SSSR count). The number of aliphatic carboxylic acids is 1. The second-order valence-corrected chi connectivity index (χ2v) is 14.3. The molecule has 42 heavy (non-hydrogen) atoms. The highest BCUT2D eigenvalue weighted by Gasteiger charge is 2.56. The van der Waals surface area contributed by atoms with Gasteiger partial charge >= 0.3 is 5.97 Å². The van der Waals surface area contributed by atoms with E-state index in [-0.39, 0.29) is 35.5 Å². The minimum absolute atomic E-state index is 0.107. The van der Waals surface area contributed by atoms with Gasteiger partial charge in [-0.05, 0) is 85.2 Å². The summed E-state index contributed by atoms with van der Waals surface area (Å²) < 4.78 is 41.5. The monoisotopic (exact) mass is 631 g/mol. The lowest BCUT2D eigenvalue weighted by atomic mass is 9.65. The Balaban J connectivity index is 1.71. The van der Waals surface area contributed by atoms with Crippen molar-refractivity contribution in [3.8, 4) is 0 Å². The molecule has 4 unspecified atom stereocenters. The van der Waals surface area contributed by atoms with Crippen molar-refractivity contribution in [2.45, 2.75) is 61.9 Å². The van der Waals surface area contributed by atoms with E-state index in [4.69, 9.17) is 23.2 Å². The third-order valence-electron chi connectivity index (χ3n) is 8.70. The Hall–Kier alpha value is -2.94. The molecule has 1 N–H and O–H groups in total. The molecule has 1 saturated heterocycles. The summed E-state index contributed by atoms with van der Waals surface area (Å²) in [5.74, 6) is -3.05. The Bertz CT molecular complexity index is 1590. The maximum Gasteiger partial charge on any atom is 0.304 e. The summed E-state index contributed by atoms with van der Waals surface area (Å²) in [5, 5.41) is 11.0. The summed E-state index contributed by atoms with van der Waals surface area (Å²) in [6.45, 7) is 1.80. The van der Waals surface area contributed by atoms with Crippen LogP contribution < -0.4 is 0 Å². The van der Waals surface area contributed by atoms with Crippen LogP contribution in [0.25, 0.3) is 0 Å². The molecule has 1 saturated carbocycles.